The summed E-state index contributed by atoms with van der Waals surface area (Å²) in [6, 6.07) is 6.60. The van der Waals surface area contributed by atoms with Crippen molar-refractivity contribution in [2.45, 2.75) is 38.4 Å². The zero-order chi connectivity index (χ0) is 32.0. The van der Waals surface area contributed by atoms with Crippen LogP contribution in [0, 0.1) is 22.9 Å². The van der Waals surface area contributed by atoms with Crippen LogP contribution in [-0.4, -0.2) is 85.5 Å². The molecule has 45 heavy (non-hydrogen) atoms. The molecule has 2 saturated heterocycles. The van der Waals surface area contributed by atoms with Gasteiger partial charge < -0.3 is 19.7 Å². The first-order valence-corrected chi connectivity index (χ1v) is 15.2. The number of amides is 1. The van der Waals surface area contributed by atoms with Crippen molar-refractivity contribution in [3.8, 4) is 5.75 Å². The smallest absolute Gasteiger partial charge is 0.249 e. The maximum Gasteiger partial charge on any atom is 0.249 e. The Bertz CT molecular complexity index is 1460. The Morgan fingerprint density at radius 2 is 1.80 bits per heavy atom. The third-order valence-electron chi connectivity index (χ3n) is 9.02. The molecule has 13 heteroatoms. The third-order valence-corrected chi connectivity index (χ3v) is 9.02. The molecule has 3 aromatic rings. The van der Waals surface area contributed by atoms with E-state index in [0.29, 0.717) is 86.6 Å². The van der Waals surface area contributed by atoms with Gasteiger partial charge in [-0.1, -0.05) is 0 Å². The van der Waals surface area contributed by atoms with E-state index in [9.17, 15) is 23.2 Å². The van der Waals surface area contributed by atoms with E-state index < -0.39 is 40.6 Å². The molecule has 244 valence electrons. The van der Waals surface area contributed by atoms with Crippen molar-refractivity contribution in [3.05, 3.63) is 65.1 Å². The minimum atomic E-state index is -1.41. The lowest BCUT2D eigenvalue weighted by molar-refractivity contribution is -0.143. The molecule has 2 fully saturated rings. The number of ether oxygens (including phenoxy) is 2. The normalized spacial score (nSPS) is 18.1. The molecule has 0 unspecified atom stereocenters. The number of hydroxylamine groups is 1. The van der Waals surface area contributed by atoms with E-state index >= 15 is 4.39 Å². The number of likely N-dealkylation sites (tertiary alicyclic amines) is 1. The van der Waals surface area contributed by atoms with Crippen LogP contribution in [0.4, 0.5) is 23.2 Å². The number of carbonyl (C=O) groups excluding carboxylic acids is 1. The summed E-state index contributed by atoms with van der Waals surface area (Å²) in [5, 5.41) is 12.9. The summed E-state index contributed by atoms with van der Waals surface area (Å²) in [7, 11) is 1.55. The molecule has 9 nitrogen and oxygen atoms in total. The summed E-state index contributed by atoms with van der Waals surface area (Å²) in [5.74, 6) is -2.99. The summed E-state index contributed by atoms with van der Waals surface area (Å²) in [6.45, 7) is 4.69. The summed E-state index contributed by atoms with van der Waals surface area (Å²) in [5.41, 5.74) is 2.33. The number of alkyl halides is 1. The monoisotopic (exact) mass is 633 g/mol. The van der Waals surface area contributed by atoms with Gasteiger partial charge in [-0.15, -0.1) is 0 Å². The van der Waals surface area contributed by atoms with Crippen LogP contribution in [0.15, 0.2) is 36.5 Å². The number of methoxy groups -OCH3 is 1. The summed E-state index contributed by atoms with van der Waals surface area (Å²) < 4.78 is 68.5. The zero-order valence-corrected chi connectivity index (χ0v) is 25.3. The number of hydrogen-bond acceptors (Lipinski definition) is 8. The molecule has 1 atom stereocenters. The van der Waals surface area contributed by atoms with Gasteiger partial charge in [0, 0.05) is 62.0 Å². The van der Waals surface area contributed by atoms with Gasteiger partial charge in [-0.2, -0.15) is 0 Å². The first-order valence-electron chi connectivity index (χ1n) is 15.2. The number of hydrogen-bond donors (Lipinski definition) is 3. The van der Waals surface area contributed by atoms with Crippen LogP contribution in [0.5, 0.6) is 5.75 Å². The number of fused-ring (bicyclic) bond motifs is 1. The molecule has 2 aliphatic rings. The molecular weight excluding hydrogens is 594 g/mol. The number of aromatic nitrogens is 1. The van der Waals surface area contributed by atoms with Crippen LogP contribution in [0.3, 0.4) is 0 Å². The Hall–Kier alpha value is -3.52. The molecule has 1 amide bonds. The predicted octanol–water partition coefficient (Wildman–Crippen LogP) is 4.98. The van der Waals surface area contributed by atoms with Crippen LogP contribution in [0.25, 0.3) is 10.9 Å². The second kappa shape index (κ2) is 14.7. The molecule has 1 aromatic heterocycles. The number of nitrogens with one attached hydrogen (secondary N) is 2. The lowest BCUT2D eigenvalue weighted by Crippen LogP contribution is -2.49. The fourth-order valence-corrected chi connectivity index (χ4v) is 6.37. The van der Waals surface area contributed by atoms with Crippen LogP contribution in [0.1, 0.15) is 43.0 Å². The molecule has 2 aliphatic heterocycles. The highest BCUT2D eigenvalue weighted by molar-refractivity contribution is 5.85. The minimum absolute atomic E-state index is 0.0462. The van der Waals surface area contributed by atoms with Gasteiger partial charge in [0.05, 0.1) is 31.3 Å². The Morgan fingerprint density at radius 3 is 2.47 bits per heavy atom. The zero-order valence-electron chi connectivity index (χ0n) is 25.3. The van der Waals surface area contributed by atoms with E-state index in [-0.39, 0.29) is 19.4 Å². The molecule has 0 spiro atoms. The van der Waals surface area contributed by atoms with Crippen LogP contribution in [-0.2, 0) is 16.1 Å². The lowest BCUT2D eigenvalue weighted by atomic mass is 9.73. The summed E-state index contributed by atoms with van der Waals surface area (Å²) in [6.07, 6.45) is 1.27. The number of benzene rings is 2. The maximum atomic E-state index is 16.5. The second-order valence-corrected chi connectivity index (χ2v) is 11.7. The van der Waals surface area contributed by atoms with Crippen molar-refractivity contribution >= 4 is 22.5 Å². The molecule has 5 rings (SSSR count). The molecule has 3 heterocycles. The van der Waals surface area contributed by atoms with E-state index in [1.807, 2.05) is 4.90 Å². The Morgan fingerprint density at radius 1 is 1.09 bits per heavy atom. The first kappa shape index (κ1) is 32.9. The topological polar surface area (TPSA) is 99.2 Å². The quantitative estimate of drug-likeness (QED) is 0.146. The predicted molar refractivity (Wildman–Crippen MR) is 160 cm³/mol. The van der Waals surface area contributed by atoms with Crippen LogP contribution >= 0.6 is 0 Å². The number of carbonyl (C=O) groups is 1. The average molecular weight is 634 g/mol. The molecule has 0 saturated carbocycles. The standard InChI is InChI=1S/C32H39F4N5O4/c1-44-23-2-3-28-24(18-23)29(21(19-38-28)20-41-12-14-45-15-13-41)25(34)4-5-32(31(42)39-43)6-9-40(10-7-32)11-8-37-30-26(35)16-22(33)17-27(30)36/h2-3,16-19,25,37,43H,4-15,20H2,1H3,(H,39,42)/t25-/m1/s1. The van der Waals surface area contributed by atoms with Gasteiger partial charge in [0.25, 0.3) is 0 Å². The molecule has 0 aliphatic carbocycles. The van der Waals surface area contributed by atoms with Crippen molar-refractivity contribution in [1.29, 1.82) is 0 Å². The second-order valence-electron chi connectivity index (χ2n) is 11.7. The minimum Gasteiger partial charge on any atom is -0.497 e. The Kier molecular flexibility index (Phi) is 10.7. The molecule has 2 aromatic carbocycles. The van der Waals surface area contributed by atoms with Gasteiger partial charge in [0.1, 0.15) is 23.4 Å². The van der Waals surface area contributed by atoms with Crippen molar-refractivity contribution in [2.75, 3.05) is 64.9 Å². The Balaban J connectivity index is 1.27. The first-order chi connectivity index (χ1) is 21.7. The highest BCUT2D eigenvalue weighted by Gasteiger charge is 2.41. The fraction of sp³-hybridized carbons (Fsp3) is 0.500. The SMILES string of the molecule is COc1ccc2ncc(CN3CCOCC3)c([C@H](F)CCC3(C(=O)NO)CCN(CCNc4c(F)cc(F)cc4F)CC3)c2c1. The number of rotatable bonds is 12. The molecular formula is C32H39F4N5O4. The number of piperidine rings is 1. The van der Waals surface area contributed by atoms with Crippen molar-refractivity contribution in [3.63, 3.8) is 0 Å². The lowest BCUT2D eigenvalue weighted by Gasteiger charge is -2.40. The van der Waals surface area contributed by atoms with E-state index in [1.165, 1.54) is 0 Å². The van der Waals surface area contributed by atoms with E-state index in [2.05, 4.69) is 15.2 Å². The third kappa shape index (κ3) is 7.66. The number of halogens is 4. The van der Waals surface area contributed by atoms with Crippen molar-refractivity contribution < 1.29 is 37.0 Å². The van der Waals surface area contributed by atoms with Gasteiger partial charge in [-0.3, -0.25) is 19.9 Å². The highest BCUT2D eigenvalue weighted by Crippen LogP contribution is 2.42. The molecule has 0 radical (unpaired) electrons. The summed E-state index contributed by atoms with van der Waals surface area (Å²) in [4.78, 5) is 21.8. The number of morpholine rings is 1. The van der Waals surface area contributed by atoms with Gasteiger partial charge in [0.2, 0.25) is 5.91 Å². The Labute approximate surface area is 259 Å². The number of anilines is 1. The number of nitrogens with zero attached hydrogens (tertiary/aromatic N) is 3. The number of pyridine rings is 1. The molecule has 3 N–H and O–H groups in total. The highest BCUT2D eigenvalue weighted by atomic mass is 19.1. The van der Waals surface area contributed by atoms with E-state index in [1.54, 1.807) is 37.0 Å². The molecule has 0 bridgehead atoms. The van der Waals surface area contributed by atoms with Crippen LogP contribution < -0.4 is 15.5 Å². The van der Waals surface area contributed by atoms with Crippen molar-refractivity contribution in [2.24, 2.45) is 5.41 Å². The fourth-order valence-electron chi connectivity index (χ4n) is 6.37. The van der Waals surface area contributed by atoms with Crippen LogP contribution in [0.2, 0.25) is 0 Å². The van der Waals surface area contributed by atoms with Gasteiger partial charge in [-0.25, -0.2) is 23.0 Å². The maximum absolute atomic E-state index is 16.5. The van der Waals surface area contributed by atoms with Crippen molar-refractivity contribution in [1.82, 2.24) is 20.3 Å². The largest absolute Gasteiger partial charge is 0.497 e. The van der Waals surface area contributed by atoms with Gasteiger partial charge in [0.15, 0.2) is 11.6 Å². The van der Waals surface area contributed by atoms with Gasteiger partial charge >= 0.3 is 0 Å². The van der Waals surface area contributed by atoms with E-state index in [4.69, 9.17) is 9.47 Å². The average Bonchev–Trinajstić information content (AvgIpc) is 3.05. The van der Waals surface area contributed by atoms with Gasteiger partial charge in [-0.05, 0) is 62.5 Å². The van der Waals surface area contributed by atoms with E-state index in [0.717, 1.165) is 18.7 Å². The summed E-state index contributed by atoms with van der Waals surface area (Å²) >= 11 is 0.